The first-order chi connectivity index (χ1) is 10.1. The minimum atomic E-state index is -0.200. The van der Waals surface area contributed by atoms with Crippen LogP contribution in [0.15, 0.2) is 42.5 Å². The minimum Gasteiger partial charge on any atom is -0.486 e. The lowest BCUT2D eigenvalue weighted by Crippen LogP contribution is -2.20. The third-order valence-corrected chi connectivity index (χ3v) is 3.34. The summed E-state index contributed by atoms with van der Waals surface area (Å²) in [6.07, 6.45) is 0. The summed E-state index contributed by atoms with van der Waals surface area (Å²) in [5.74, 6) is -0.0725. The van der Waals surface area contributed by atoms with Gasteiger partial charge in [-0.25, -0.2) is 0 Å². The number of ether oxygens (including phenoxy) is 1. The van der Waals surface area contributed by atoms with Crippen molar-refractivity contribution in [2.24, 2.45) is 0 Å². The van der Waals surface area contributed by atoms with Crippen LogP contribution in [0.4, 0.5) is 0 Å². The van der Waals surface area contributed by atoms with Crippen LogP contribution in [0.3, 0.4) is 0 Å². The van der Waals surface area contributed by atoms with Crippen LogP contribution >= 0.6 is 0 Å². The molecule has 21 heavy (non-hydrogen) atoms. The summed E-state index contributed by atoms with van der Waals surface area (Å²) in [6, 6.07) is 11.4. The third kappa shape index (κ3) is 2.25. The van der Waals surface area contributed by atoms with Gasteiger partial charge in [0.1, 0.15) is 12.4 Å². The van der Waals surface area contributed by atoms with Gasteiger partial charge in [0.25, 0.3) is 0 Å². The van der Waals surface area contributed by atoms with Gasteiger partial charge in [0.2, 0.25) is 0 Å². The van der Waals surface area contributed by atoms with E-state index in [1.165, 1.54) is 13.0 Å². The van der Waals surface area contributed by atoms with Crippen molar-refractivity contribution in [2.45, 2.75) is 6.92 Å². The van der Waals surface area contributed by atoms with Gasteiger partial charge in [-0.3, -0.25) is 14.4 Å². The number of rotatable bonds is 3. The van der Waals surface area contributed by atoms with Crippen molar-refractivity contribution in [1.29, 1.82) is 0 Å². The Bertz CT molecular complexity index is 774. The normalized spacial score (nSPS) is 12.6. The second-order valence-electron chi connectivity index (χ2n) is 4.90. The van der Waals surface area contributed by atoms with E-state index in [0.717, 1.165) is 0 Å². The van der Waals surface area contributed by atoms with E-state index in [2.05, 4.69) is 0 Å². The number of ketones is 3. The monoisotopic (exact) mass is 280 g/mol. The van der Waals surface area contributed by atoms with Crippen molar-refractivity contribution in [1.82, 2.24) is 0 Å². The molecule has 0 N–H and O–H groups in total. The number of benzene rings is 2. The van der Waals surface area contributed by atoms with Crippen LogP contribution in [0.2, 0.25) is 0 Å². The topological polar surface area (TPSA) is 60.4 Å². The van der Waals surface area contributed by atoms with Crippen LogP contribution < -0.4 is 4.74 Å². The van der Waals surface area contributed by atoms with Gasteiger partial charge in [-0.2, -0.15) is 0 Å². The van der Waals surface area contributed by atoms with E-state index in [9.17, 15) is 14.4 Å². The molecule has 0 unspecified atom stereocenters. The summed E-state index contributed by atoms with van der Waals surface area (Å²) in [5.41, 5.74) is 1.51. The maximum Gasteiger partial charge on any atom is 0.194 e. The Morgan fingerprint density at radius 2 is 1.48 bits per heavy atom. The average Bonchev–Trinajstić information content (AvgIpc) is 2.50. The predicted octanol–water partition coefficient (Wildman–Crippen LogP) is 2.43. The molecule has 1 aliphatic carbocycles. The molecule has 104 valence electrons. The molecule has 2 aromatic carbocycles. The van der Waals surface area contributed by atoms with Crippen molar-refractivity contribution < 1.29 is 19.1 Å². The number of hydrogen-bond donors (Lipinski definition) is 0. The summed E-state index contributed by atoms with van der Waals surface area (Å²) in [5, 5.41) is 0. The van der Waals surface area contributed by atoms with E-state index in [4.69, 9.17) is 4.74 Å². The Balaban J connectivity index is 2.04. The SMILES string of the molecule is CC(=O)COc1ccc2c(c1)C(=O)c1ccccc1C2=O. The molecule has 0 bridgehead atoms. The molecule has 0 aliphatic heterocycles. The molecule has 0 spiro atoms. The highest BCUT2D eigenvalue weighted by Crippen LogP contribution is 2.29. The number of fused-ring (bicyclic) bond motifs is 2. The van der Waals surface area contributed by atoms with Crippen molar-refractivity contribution in [2.75, 3.05) is 6.61 Å². The molecule has 0 saturated heterocycles. The molecule has 2 aromatic rings. The standard InChI is InChI=1S/C17H12O4/c1-10(18)9-21-11-6-7-14-15(8-11)17(20)13-5-3-2-4-12(13)16(14)19/h2-8H,9H2,1H3. The largest absolute Gasteiger partial charge is 0.486 e. The zero-order chi connectivity index (χ0) is 15.0. The Morgan fingerprint density at radius 3 is 2.10 bits per heavy atom. The lowest BCUT2D eigenvalue weighted by atomic mass is 9.84. The van der Waals surface area contributed by atoms with Crippen molar-refractivity contribution in [3.63, 3.8) is 0 Å². The van der Waals surface area contributed by atoms with E-state index >= 15 is 0 Å². The molecule has 0 aromatic heterocycles. The van der Waals surface area contributed by atoms with Crippen LogP contribution in [-0.2, 0) is 4.79 Å². The fourth-order valence-electron chi connectivity index (χ4n) is 2.35. The fraction of sp³-hybridized carbons (Fsp3) is 0.118. The van der Waals surface area contributed by atoms with Gasteiger partial charge < -0.3 is 4.74 Å². The van der Waals surface area contributed by atoms with Gasteiger partial charge in [0.05, 0.1) is 0 Å². The smallest absolute Gasteiger partial charge is 0.194 e. The van der Waals surface area contributed by atoms with Crippen LogP contribution in [-0.4, -0.2) is 24.0 Å². The summed E-state index contributed by atoms with van der Waals surface area (Å²) in [4.78, 5) is 35.8. The van der Waals surface area contributed by atoms with E-state index in [1.54, 1.807) is 36.4 Å². The molecule has 0 radical (unpaired) electrons. The first kappa shape index (κ1) is 13.2. The van der Waals surface area contributed by atoms with E-state index in [0.29, 0.717) is 28.0 Å². The highest BCUT2D eigenvalue weighted by molar-refractivity contribution is 6.28. The zero-order valence-electron chi connectivity index (χ0n) is 11.4. The second kappa shape index (κ2) is 4.98. The molecule has 4 nitrogen and oxygen atoms in total. The van der Waals surface area contributed by atoms with E-state index in [-0.39, 0.29) is 24.0 Å². The van der Waals surface area contributed by atoms with Crippen LogP contribution in [0.1, 0.15) is 38.8 Å². The number of hydrogen-bond acceptors (Lipinski definition) is 4. The van der Waals surface area contributed by atoms with Gasteiger partial charge >= 0.3 is 0 Å². The molecule has 0 atom stereocenters. The number of carbonyl (C=O) groups excluding carboxylic acids is 3. The molecule has 1 aliphatic rings. The fourth-order valence-corrected chi connectivity index (χ4v) is 2.35. The highest BCUT2D eigenvalue weighted by Gasteiger charge is 2.29. The molecular formula is C17H12O4. The molecule has 4 heteroatoms. The van der Waals surface area contributed by atoms with E-state index in [1.807, 2.05) is 0 Å². The molecule has 0 fully saturated rings. The quantitative estimate of drug-likeness (QED) is 0.739. The van der Waals surface area contributed by atoms with Crippen molar-refractivity contribution in [3.8, 4) is 5.75 Å². The van der Waals surface area contributed by atoms with Crippen LogP contribution in [0.25, 0.3) is 0 Å². The minimum absolute atomic E-state index is 0.0580. The number of carbonyl (C=O) groups is 3. The van der Waals surface area contributed by atoms with Crippen LogP contribution in [0.5, 0.6) is 5.75 Å². The maximum atomic E-state index is 12.5. The summed E-state index contributed by atoms with van der Waals surface area (Å²) >= 11 is 0. The van der Waals surface area contributed by atoms with Crippen molar-refractivity contribution >= 4 is 17.3 Å². The molecule has 0 saturated carbocycles. The number of Topliss-reactive ketones (excluding diaryl/α,β-unsaturated/α-hetero) is 1. The van der Waals surface area contributed by atoms with Crippen molar-refractivity contribution in [3.05, 3.63) is 64.7 Å². The second-order valence-corrected chi connectivity index (χ2v) is 4.90. The summed E-state index contributed by atoms with van der Waals surface area (Å²) < 4.78 is 5.29. The first-order valence-electron chi connectivity index (χ1n) is 6.52. The summed E-state index contributed by atoms with van der Waals surface area (Å²) in [6.45, 7) is 1.36. The average molecular weight is 280 g/mol. The molecule has 3 rings (SSSR count). The van der Waals surface area contributed by atoms with Gasteiger partial charge in [-0.05, 0) is 25.1 Å². The van der Waals surface area contributed by atoms with Gasteiger partial charge in [0.15, 0.2) is 17.3 Å². The van der Waals surface area contributed by atoms with E-state index < -0.39 is 0 Å². The lowest BCUT2D eigenvalue weighted by Gasteiger charge is -2.18. The zero-order valence-corrected chi connectivity index (χ0v) is 11.4. The Labute approximate surface area is 121 Å². The predicted molar refractivity (Wildman–Crippen MR) is 75.9 cm³/mol. The molecule has 0 amide bonds. The molecular weight excluding hydrogens is 268 g/mol. The Morgan fingerprint density at radius 1 is 0.905 bits per heavy atom. The highest BCUT2D eigenvalue weighted by atomic mass is 16.5. The first-order valence-corrected chi connectivity index (χ1v) is 6.52. The summed E-state index contributed by atoms with van der Waals surface area (Å²) in [7, 11) is 0. The maximum absolute atomic E-state index is 12.5. The Kier molecular flexibility index (Phi) is 3.14. The third-order valence-electron chi connectivity index (χ3n) is 3.34. The molecule has 0 heterocycles. The van der Waals surface area contributed by atoms with Gasteiger partial charge in [-0.1, -0.05) is 24.3 Å². The van der Waals surface area contributed by atoms with Gasteiger partial charge in [0, 0.05) is 22.3 Å². The lowest BCUT2D eigenvalue weighted by molar-refractivity contribution is -0.118. The van der Waals surface area contributed by atoms with Gasteiger partial charge in [-0.15, -0.1) is 0 Å². The Hall–Kier alpha value is -2.75. The van der Waals surface area contributed by atoms with Crippen LogP contribution in [0, 0.1) is 0 Å².